The van der Waals surface area contributed by atoms with E-state index in [1.165, 1.54) is 0 Å². The van der Waals surface area contributed by atoms with Gasteiger partial charge in [0.05, 0.1) is 5.41 Å². The first-order chi connectivity index (χ1) is 5.62. The van der Waals surface area contributed by atoms with E-state index in [9.17, 15) is 25.5 Å². The molecule has 0 atom stereocenters. The fraction of sp³-hybridized carbons (Fsp3) is 1.00. The Morgan fingerprint density at radius 1 is 1.08 bits per heavy atom. The molecule has 0 heterocycles. The van der Waals surface area contributed by atoms with Crippen LogP contribution in [0.3, 0.4) is 0 Å². The van der Waals surface area contributed by atoms with Crippen LogP contribution < -0.4 is 0 Å². The molecule has 2 bridgehead atoms. The molecule has 13 heavy (non-hydrogen) atoms. The van der Waals surface area contributed by atoms with Gasteiger partial charge < -0.3 is 0 Å². The smallest absolute Gasteiger partial charge is 0.194 e. The van der Waals surface area contributed by atoms with Crippen LogP contribution in [0.15, 0.2) is 0 Å². The minimum Gasteiger partial charge on any atom is -0.194 e. The zero-order valence-electron chi connectivity index (χ0n) is 6.36. The molecule has 0 N–H and O–H groups in total. The Balaban J connectivity index is 2.18. The lowest BCUT2D eigenvalue weighted by atomic mass is 9.43. The van der Waals surface area contributed by atoms with Crippen molar-refractivity contribution >= 4 is 10.2 Å². The highest BCUT2D eigenvalue weighted by atomic mass is 32.3. The van der Waals surface area contributed by atoms with E-state index in [1.807, 2.05) is 0 Å². The molecule has 0 spiro atoms. The van der Waals surface area contributed by atoms with Gasteiger partial charge >= 0.3 is 16.4 Å². The summed E-state index contributed by atoms with van der Waals surface area (Å²) in [5.74, 6) is 0. The molecule has 0 radical (unpaired) electrons. The fourth-order valence-corrected chi connectivity index (χ4v) is 3.60. The summed E-state index contributed by atoms with van der Waals surface area (Å²) in [6, 6.07) is 0. The molecule has 76 valence electrons. The maximum atomic E-state index is 12.4. The highest BCUT2D eigenvalue weighted by Gasteiger charge is 2.83. The van der Waals surface area contributed by atoms with Crippen LogP contribution in [0.1, 0.15) is 19.3 Å². The van der Waals surface area contributed by atoms with Crippen molar-refractivity contribution in [3.05, 3.63) is 0 Å². The van der Waals surface area contributed by atoms with Crippen molar-refractivity contribution in [2.24, 2.45) is 5.41 Å². The van der Waals surface area contributed by atoms with Crippen molar-refractivity contribution in [2.75, 3.05) is 0 Å². The van der Waals surface area contributed by atoms with Crippen LogP contribution >= 0.6 is 0 Å². The first-order valence-corrected chi connectivity index (χ1v) is 5.01. The molecular weight excluding hydrogens is 212 g/mol. The lowest BCUT2D eigenvalue weighted by Gasteiger charge is -2.67. The molecule has 3 aliphatic rings. The van der Waals surface area contributed by atoms with Crippen LogP contribution in [0, 0.1) is 5.41 Å². The van der Waals surface area contributed by atoms with E-state index in [2.05, 4.69) is 0 Å². The largest absolute Gasteiger partial charge is 0.394 e. The Hall–Kier alpha value is -0.330. The van der Waals surface area contributed by atoms with Crippen LogP contribution in [0.25, 0.3) is 0 Å². The number of alkyl halides is 3. The third kappa shape index (κ3) is 0.858. The van der Waals surface area contributed by atoms with Crippen LogP contribution in [0.2, 0.25) is 0 Å². The molecule has 0 aromatic rings. The minimum absolute atomic E-state index is 0.595. The number of halogens is 4. The van der Waals surface area contributed by atoms with E-state index in [1.54, 1.807) is 0 Å². The molecule has 3 fully saturated rings. The second kappa shape index (κ2) is 1.87. The van der Waals surface area contributed by atoms with E-state index >= 15 is 0 Å². The van der Waals surface area contributed by atoms with E-state index in [0.29, 0.717) is 0 Å². The topological polar surface area (TPSA) is 34.1 Å². The normalized spacial score (nSPS) is 43.7. The second-order valence-corrected chi connectivity index (χ2v) is 5.67. The highest BCUT2D eigenvalue weighted by Crippen LogP contribution is 2.76. The molecule has 0 aromatic carbocycles. The predicted molar refractivity (Wildman–Crippen MR) is 35.1 cm³/mol. The Morgan fingerprint density at radius 3 is 1.69 bits per heavy atom. The molecule has 3 rings (SSSR count). The summed E-state index contributed by atoms with van der Waals surface area (Å²) < 4.78 is 68.0. The number of hydrogen-bond acceptors (Lipinski definition) is 2. The molecule has 3 saturated carbocycles. The third-order valence-corrected chi connectivity index (χ3v) is 4.57. The van der Waals surface area contributed by atoms with Crippen molar-refractivity contribution < 1.29 is 25.5 Å². The van der Waals surface area contributed by atoms with Gasteiger partial charge in [0.25, 0.3) is 0 Å². The summed E-state index contributed by atoms with van der Waals surface area (Å²) in [5.41, 5.74) is -1.90. The van der Waals surface area contributed by atoms with Crippen LogP contribution in [0.5, 0.6) is 0 Å². The minimum atomic E-state index is -4.80. The SMILES string of the molecule is O=S(=O)(F)C12CC(C(F)(F)F)(C1)C2. The quantitative estimate of drug-likeness (QED) is 0.496. The van der Waals surface area contributed by atoms with Gasteiger partial charge in [-0.05, 0) is 19.3 Å². The summed E-state index contributed by atoms with van der Waals surface area (Å²) in [5, 5.41) is 0. The molecule has 0 aromatic heterocycles. The first-order valence-electron chi connectivity index (χ1n) is 3.63. The molecule has 0 saturated heterocycles. The van der Waals surface area contributed by atoms with Gasteiger partial charge in [-0.3, -0.25) is 0 Å². The molecule has 3 aliphatic carbocycles. The number of rotatable bonds is 1. The zero-order chi connectivity index (χ0) is 10.1. The Labute approximate surface area is 72.1 Å². The lowest BCUT2D eigenvalue weighted by Crippen LogP contribution is -2.74. The van der Waals surface area contributed by atoms with Gasteiger partial charge in [0.2, 0.25) is 0 Å². The van der Waals surface area contributed by atoms with Gasteiger partial charge in [-0.2, -0.15) is 21.6 Å². The van der Waals surface area contributed by atoms with E-state index < -0.39 is 45.8 Å². The van der Waals surface area contributed by atoms with Gasteiger partial charge in [0.15, 0.2) is 0 Å². The predicted octanol–water partition coefficient (Wildman–Crippen LogP) is 1.77. The van der Waals surface area contributed by atoms with E-state index in [0.717, 1.165) is 0 Å². The third-order valence-electron chi connectivity index (χ3n) is 3.10. The molecule has 0 aliphatic heterocycles. The monoisotopic (exact) mass is 218 g/mol. The summed E-state index contributed by atoms with van der Waals surface area (Å²) in [7, 11) is -4.80. The maximum absolute atomic E-state index is 12.4. The average molecular weight is 218 g/mol. The molecule has 7 heteroatoms. The summed E-state index contributed by atoms with van der Waals surface area (Å²) in [6.45, 7) is 0. The molecule has 0 unspecified atom stereocenters. The summed E-state index contributed by atoms with van der Waals surface area (Å²) >= 11 is 0. The fourth-order valence-electron chi connectivity index (χ4n) is 2.25. The standard InChI is InChI=1S/C6H6F4O2S/c7-6(8,9)4-1-5(2-4,3-4)13(10,11)12/h1-3H2. The van der Waals surface area contributed by atoms with Crippen molar-refractivity contribution in [2.45, 2.75) is 30.2 Å². The Bertz CT molecular complexity index is 336. The second-order valence-electron chi connectivity index (χ2n) is 3.93. The van der Waals surface area contributed by atoms with Crippen molar-refractivity contribution in [3.8, 4) is 0 Å². The van der Waals surface area contributed by atoms with Crippen LogP contribution in [-0.4, -0.2) is 19.3 Å². The zero-order valence-corrected chi connectivity index (χ0v) is 7.17. The highest BCUT2D eigenvalue weighted by molar-refractivity contribution is 7.88. The van der Waals surface area contributed by atoms with Crippen molar-refractivity contribution in [3.63, 3.8) is 0 Å². The molecular formula is C6H6F4O2S. The average Bonchev–Trinajstić information content (AvgIpc) is 1.41. The van der Waals surface area contributed by atoms with E-state index in [-0.39, 0.29) is 0 Å². The number of hydrogen-bond donors (Lipinski definition) is 0. The van der Waals surface area contributed by atoms with Gasteiger partial charge in [-0.1, -0.05) is 0 Å². The van der Waals surface area contributed by atoms with Crippen molar-refractivity contribution in [1.29, 1.82) is 0 Å². The Morgan fingerprint density at radius 2 is 1.46 bits per heavy atom. The summed E-state index contributed by atoms with van der Waals surface area (Å²) in [6.07, 6.45) is -6.17. The van der Waals surface area contributed by atoms with Gasteiger partial charge in [0, 0.05) is 0 Å². The van der Waals surface area contributed by atoms with Gasteiger partial charge in [0.1, 0.15) is 4.75 Å². The van der Waals surface area contributed by atoms with Crippen LogP contribution in [0.4, 0.5) is 17.1 Å². The van der Waals surface area contributed by atoms with E-state index in [4.69, 9.17) is 0 Å². The maximum Gasteiger partial charge on any atom is 0.394 e. The van der Waals surface area contributed by atoms with Gasteiger partial charge in [-0.25, -0.2) is 0 Å². The van der Waals surface area contributed by atoms with Crippen LogP contribution in [-0.2, 0) is 10.2 Å². The van der Waals surface area contributed by atoms with Gasteiger partial charge in [-0.15, -0.1) is 3.89 Å². The first kappa shape index (κ1) is 9.23. The lowest BCUT2D eigenvalue weighted by molar-refractivity contribution is -0.315. The van der Waals surface area contributed by atoms with Crippen molar-refractivity contribution in [1.82, 2.24) is 0 Å². The summed E-state index contributed by atoms with van der Waals surface area (Å²) in [4.78, 5) is 0. The Kier molecular flexibility index (Phi) is 1.33. The molecule has 0 amide bonds. The molecule has 2 nitrogen and oxygen atoms in total.